The third kappa shape index (κ3) is 4.46. The van der Waals surface area contributed by atoms with E-state index in [1.165, 1.54) is 30.3 Å². The van der Waals surface area contributed by atoms with Crippen molar-refractivity contribution in [2.24, 2.45) is 0 Å². The van der Waals surface area contributed by atoms with E-state index in [0.717, 1.165) is 0 Å². The minimum absolute atomic E-state index is 0.299. The van der Waals surface area contributed by atoms with Crippen LogP contribution in [0.3, 0.4) is 0 Å². The van der Waals surface area contributed by atoms with Crippen molar-refractivity contribution in [2.45, 2.75) is 12.9 Å². The highest BCUT2D eigenvalue weighted by Gasteiger charge is 2.31. The minimum atomic E-state index is -4.72. The summed E-state index contributed by atoms with van der Waals surface area (Å²) in [7, 11) is 0. The SMILES string of the molecule is Fc1cccc(CNc2cccc(OC(F)(F)F)c2)c1. The van der Waals surface area contributed by atoms with Gasteiger partial charge in [0.2, 0.25) is 0 Å². The lowest BCUT2D eigenvalue weighted by molar-refractivity contribution is -0.274. The Balaban J connectivity index is 2.01. The first-order chi connectivity index (χ1) is 9.42. The summed E-state index contributed by atoms with van der Waals surface area (Å²) < 4.78 is 53.0. The van der Waals surface area contributed by atoms with E-state index in [0.29, 0.717) is 17.8 Å². The molecule has 0 unspecified atom stereocenters. The lowest BCUT2D eigenvalue weighted by atomic mass is 10.2. The molecule has 1 N–H and O–H groups in total. The number of hydrogen-bond donors (Lipinski definition) is 1. The quantitative estimate of drug-likeness (QED) is 0.844. The molecule has 2 rings (SSSR count). The van der Waals surface area contributed by atoms with Gasteiger partial charge >= 0.3 is 6.36 Å². The lowest BCUT2D eigenvalue weighted by Crippen LogP contribution is -2.17. The molecule has 0 atom stereocenters. The van der Waals surface area contributed by atoms with Crippen LogP contribution in [-0.4, -0.2) is 6.36 Å². The Morgan fingerprint density at radius 1 is 1.00 bits per heavy atom. The Morgan fingerprint density at radius 3 is 2.45 bits per heavy atom. The molecule has 0 radical (unpaired) electrons. The largest absolute Gasteiger partial charge is 0.573 e. The van der Waals surface area contributed by atoms with Crippen molar-refractivity contribution in [3.05, 3.63) is 59.9 Å². The van der Waals surface area contributed by atoms with Crippen molar-refractivity contribution in [3.8, 4) is 5.75 Å². The molecule has 0 aliphatic heterocycles. The van der Waals surface area contributed by atoms with Crippen molar-refractivity contribution in [1.29, 1.82) is 0 Å². The maximum Gasteiger partial charge on any atom is 0.573 e. The molecule has 0 bridgehead atoms. The van der Waals surface area contributed by atoms with Crippen LogP contribution in [0.2, 0.25) is 0 Å². The van der Waals surface area contributed by atoms with Gasteiger partial charge in [0.1, 0.15) is 11.6 Å². The maximum absolute atomic E-state index is 13.0. The van der Waals surface area contributed by atoms with Crippen molar-refractivity contribution in [3.63, 3.8) is 0 Å². The lowest BCUT2D eigenvalue weighted by Gasteiger charge is -2.11. The van der Waals surface area contributed by atoms with Crippen molar-refractivity contribution in [2.75, 3.05) is 5.32 Å². The average molecular weight is 285 g/mol. The van der Waals surface area contributed by atoms with Crippen LogP contribution in [0.4, 0.5) is 23.2 Å². The number of alkyl halides is 3. The Labute approximate surface area is 113 Å². The molecule has 2 nitrogen and oxygen atoms in total. The maximum atomic E-state index is 13.0. The van der Waals surface area contributed by atoms with Crippen LogP contribution in [-0.2, 0) is 6.54 Å². The van der Waals surface area contributed by atoms with Crippen molar-refractivity contribution in [1.82, 2.24) is 0 Å². The fourth-order valence-corrected chi connectivity index (χ4v) is 1.65. The highest BCUT2D eigenvalue weighted by Crippen LogP contribution is 2.25. The van der Waals surface area contributed by atoms with E-state index in [4.69, 9.17) is 0 Å². The van der Waals surface area contributed by atoms with Crippen LogP contribution in [0, 0.1) is 5.82 Å². The zero-order valence-electron chi connectivity index (χ0n) is 10.2. The van der Waals surface area contributed by atoms with E-state index in [2.05, 4.69) is 10.1 Å². The molecule has 0 saturated heterocycles. The topological polar surface area (TPSA) is 21.3 Å². The summed E-state index contributed by atoms with van der Waals surface area (Å²) in [4.78, 5) is 0. The molecule has 0 aliphatic rings. The summed E-state index contributed by atoms with van der Waals surface area (Å²) in [6, 6.07) is 11.4. The first kappa shape index (κ1) is 14.2. The monoisotopic (exact) mass is 285 g/mol. The second kappa shape index (κ2) is 5.81. The van der Waals surface area contributed by atoms with E-state index in [9.17, 15) is 17.6 Å². The predicted octanol–water partition coefficient (Wildman–Crippen LogP) is 4.34. The van der Waals surface area contributed by atoms with Crippen LogP contribution < -0.4 is 10.1 Å². The second-order valence-corrected chi connectivity index (χ2v) is 4.06. The van der Waals surface area contributed by atoms with Crippen LogP contribution in [0.15, 0.2) is 48.5 Å². The third-order valence-electron chi connectivity index (χ3n) is 2.45. The highest BCUT2D eigenvalue weighted by molar-refractivity contribution is 5.48. The molecule has 106 valence electrons. The number of benzene rings is 2. The number of hydrogen-bond acceptors (Lipinski definition) is 2. The average Bonchev–Trinajstić information content (AvgIpc) is 2.35. The van der Waals surface area contributed by atoms with E-state index in [-0.39, 0.29) is 11.6 Å². The molecule has 2 aromatic carbocycles. The molecule has 0 spiro atoms. The van der Waals surface area contributed by atoms with Crippen LogP contribution >= 0.6 is 0 Å². The molecular formula is C14H11F4NO. The zero-order chi connectivity index (χ0) is 14.6. The number of rotatable bonds is 4. The molecule has 0 heterocycles. The molecule has 2 aromatic rings. The Hall–Kier alpha value is -2.24. The Bertz CT molecular complexity index is 583. The normalized spacial score (nSPS) is 11.2. The van der Waals surface area contributed by atoms with Gasteiger partial charge in [-0.3, -0.25) is 0 Å². The van der Waals surface area contributed by atoms with Gasteiger partial charge in [0.15, 0.2) is 0 Å². The van der Waals surface area contributed by atoms with E-state index >= 15 is 0 Å². The first-order valence-corrected chi connectivity index (χ1v) is 5.76. The summed E-state index contributed by atoms with van der Waals surface area (Å²) in [6.45, 7) is 0.299. The first-order valence-electron chi connectivity index (χ1n) is 5.76. The third-order valence-corrected chi connectivity index (χ3v) is 2.45. The van der Waals surface area contributed by atoms with Crippen molar-refractivity contribution >= 4 is 5.69 Å². The van der Waals surface area contributed by atoms with Gasteiger partial charge < -0.3 is 10.1 Å². The van der Waals surface area contributed by atoms with Gasteiger partial charge in [0.25, 0.3) is 0 Å². The van der Waals surface area contributed by atoms with Gasteiger partial charge in [-0.25, -0.2) is 4.39 Å². The highest BCUT2D eigenvalue weighted by atomic mass is 19.4. The number of anilines is 1. The molecule has 0 aliphatic carbocycles. The molecule has 0 aromatic heterocycles. The zero-order valence-corrected chi connectivity index (χ0v) is 10.2. The molecule has 0 fully saturated rings. The van der Waals surface area contributed by atoms with Gasteiger partial charge in [0.05, 0.1) is 0 Å². The molecule has 20 heavy (non-hydrogen) atoms. The smallest absolute Gasteiger partial charge is 0.406 e. The molecule has 0 saturated carbocycles. The summed E-state index contributed by atoms with van der Waals surface area (Å²) in [6.07, 6.45) is -4.72. The fourth-order valence-electron chi connectivity index (χ4n) is 1.65. The van der Waals surface area contributed by atoms with Gasteiger partial charge in [-0.2, -0.15) is 0 Å². The van der Waals surface area contributed by atoms with Crippen molar-refractivity contribution < 1.29 is 22.3 Å². The number of nitrogens with one attached hydrogen (secondary N) is 1. The number of ether oxygens (including phenoxy) is 1. The Kier molecular flexibility index (Phi) is 4.12. The second-order valence-electron chi connectivity index (χ2n) is 4.06. The fraction of sp³-hybridized carbons (Fsp3) is 0.143. The summed E-state index contributed by atoms with van der Waals surface area (Å²) in [5.74, 6) is -0.666. The van der Waals surface area contributed by atoms with Crippen LogP contribution in [0.25, 0.3) is 0 Å². The molecular weight excluding hydrogens is 274 g/mol. The molecule has 0 amide bonds. The van der Waals surface area contributed by atoms with Crippen LogP contribution in [0.1, 0.15) is 5.56 Å². The summed E-state index contributed by atoms with van der Waals surface area (Å²) >= 11 is 0. The minimum Gasteiger partial charge on any atom is -0.406 e. The van der Waals surface area contributed by atoms with Gasteiger partial charge in [-0.15, -0.1) is 13.2 Å². The standard InChI is InChI=1S/C14H11F4NO/c15-11-4-1-3-10(7-11)9-19-12-5-2-6-13(8-12)20-14(16,17)18/h1-8,19H,9H2. The van der Waals surface area contributed by atoms with Gasteiger partial charge in [-0.05, 0) is 29.8 Å². The van der Waals surface area contributed by atoms with E-state index in [1.807, 2.05) is 0 Å². The summed E-state index contributed by atoms with van der Waals surface area (Å²) in [5, 5.41) is 2.90. The van der Waals surface area contributed by atoms with Crippen LogP contribution in [0.5, 0.6) is 5.75 Å². The van der Waals surface area contributed by atoms with E-state index < -0.39 is 6.36 Å². The summed E-state index contributed by atoms with van der Waals surface area (Å²) in [5.41, 5.74) is 1.14. The van der Waals surface area contributed by atoms with Gasteiger partial charge in [-0.1, -0.05) is 18.2 Å². The molecule has 6 heteroatoms. The Morgan fingerprint density at radius 2 is 1.75 bits per heavy atom. The van der Waals surface area contributed by atoms with Gasteiger partial charge in [0, 0.05) is 18.3 Å². The number of halogens is 4. The van der Waals surface area contributed by atoms with E-state index in [1.54, 1.807) is 18.2 Å². The predicted molar refractivity (Wildman–Crippen MR) is 66.9 cm³/mol.